The quantitative estimate of drug-likeness (QED) is 0.250. The van der Waals surface area contributed by atoms with Gasteiger partial charge in [0.15, 0.2) is 14.0 Å². The van der Waals surface area contributed by atoms with Crippen molar-refractivity contribution in [1.29, 1.82) is 0 Å². The van der Waals surface area contributed by atoms with Gasteiger partial charge in [-0.3, -0.25) is 0 Å². The number of likely N-dealkylation sites (N-methyl/N-ethyl adjacent to an activating group) is 1. The molecule has 1 aromatic carbocycles. The van der Waals surface area contributed by atoms with E-state index in [0.717, 1.165) is 65.8 Å². The molecular weight excluding hydrogens is 546 g/mol. The summed E-state index contributed by atoms with van der Waals surface area (Å²) in [7, 11) is 3.81. The van der Waals surface area contributed by atoms with Gasteiger partial charge in [0.1, 0.15) is 23.9 Å². The fourth-order valence-corrected chi connectivity index (χ4v) is 6.43. The molecule has 0 amide bonds. The summed E-state index contributed by atoms with van der Waals surface area (Å²) in [5.74, 6) is 2.75. The van der Waals surface area contributed by atoms with Gasteiger partial charge in [-0.05, 0) is 56.1 Å². The van der Waals surface area contributed by atoms with Gasteiger partial charge in [-0.15, -0.1) is 0 Å². The second-order valence-electron chi connectivity index (χ2n) is 13.2. The first-order valence-electron chi connectivity index (χ1n) is 15.2. The summed E-state index contributed by atoms with van der Waals surface area (Å²) in [4.78, 5) is 7.47. The first kappa shape index (κ1) is 32.3. The van der Waals surface area contributed by atoms with Crippen LogP contribution in [0.5, 0.6) is 11.5 Å². The van der Waals surface area contributed by atoms with E-state index in [-0.39, 0.29) is 11.1 Å². The topological polar surface area (TPSA) is 82.4 Å². The second-order valence-corrected chi connectivity index (χ2v) is 18.0. The normalized spacial score (nSPS) is 15.8. The maximum absolute atomic E-state index is 6.69. The van der Waals surface area contributed by atoms with Crippen molar-refractivity contribution in [3.05, 3.63) is 36.0 Å². The van der Waals surface area contributed by atoms with Gasteiger partial charge in [-0.1, -0.05) is 34.6 Å². The molecule has 3 heterocycles. The van der Waals surface area contributed by atoms with Crippen LogP contribution in [-0.2, 0) is 9.16 Å². The molecular formula is C32H51N5O4Si. The van der Waals surface area contributed by atoms with E-state index < -0.39 is 8.32 Å². The highest BCUT2D eigenvalue weighted by molar-refractivity contribution is 6.74. The molecule has 3 aromatic rings. The Morgan fingerprint density at radius 1 is 1.12 bits per heavy atom. The molecule has 10 heteroatoms. The third-order valence-electron chi connectivity index (χ3n) is 8.75. The van der Waals surface area contributed by atoms with Gasteiger partial charge >= 0.3 is 0 Å². The van der Waals surface area contributed by atoms with Crippen molar-refractivity contribution in [1.82, 2.24) is 19.9 Å². The predicted molar refractivity (Wildman–Crippen MR) is 173 cm³/mol. The summed E-state index contributed by atoms with van der Waals surface area (Å²) >= 11 is 0. The zero-order valence-electron chi connectivity index (χ0n) is 27.3. The number of anilines is 1. The molecule has 0 bridgehead atoms. The van der Waals surface area contributed by atoms with Crippen LogP contribution in [0.2, 0.25) is 18.1 Å². The fourth-order valence-electron chi connectivity index (χ4n) is 5.10. The van der Waals surface area contributed by atoms with Crippen molar-refractivity contribution in [2.24, 2.45) is 0 Å². The van der Waals surface area contributed by atoms with Crippen molar-refractivity contribution in [3.63, 3.8) is 0 Å². The Morgan fingerprint density at radius 2 is 1.81 bits per heavy atom. The second kappa shape index (κ2) is 13.3. The van der Waals surface area contributed by atoms with Gasteiger partial charge < -0.3 is 28.9 Å². The average Bonchev–Trinajstić information content (AvgIpc) is 3.39. The van der Waals surface area contributed by atoms with E-state index in [1.165, 1.54) is 0 Å². The Bertz CT molecular complexity index is 1330. The van der Waals surface area contributed by atoms with E-state index in [1.54, 1.807) is 7.11 Å². The van der Waals surface area contributed by atoms with Crippen molar-refractivity contribution in [2.45, 2.75) is 83.7 Å². The summed E-state index contributed by atoms with van der Waals surface area (Å²) in [5, 5.41) is 8.16. The van der Waals surface area contributed by atoms with Crippen molar-refractivity contribution in [2.75, 3.05) is 52.5 Å². The molecule has 1 saturated heterocycles. The lowest BCUT2D eigenvalue weighted by Crippen LogP contribution is -2.47. The van der Waals surface area contributed by atoms with Crippen LogP contribution in [0.4, 0.5) is 5.82 Å². The van der Waals surface area contributed by atoms with Crippen LogP contribution >= 0.6 is 0 Å². The van der Waals surface area contributed by atoms with Crippen LogP contribution in [0, 0.1) is 0 Å². The van der Waals surface area contributed by atoms with Crippen LogP contribution in [0.25, 0.3) is 16.9 Å². The largest absolute Gasteiger partial charge is 0.497 e. The molecule has 42 heavy (non-hydrogen) atoms. The van der Waals surface area contributed by atoms with E-state index in [0.29, 0.717) is 25.1 Å². The number of hydrogen-bond acceptors (Lipinski definition) is 8. The average molecular weight is 598 g/mol. The minimum Gasteiger partial charge on any atom is -0.497 e. The lowest BCUT2D eigenvalue weighted by Gasteiger charge is -2.39. The van der Waals surface area contributed by atoms with Gasteiger partial charge in [0.05, 0.1) is 25.1 Å². The predicted octanol–water partition coefficient (Wildman–Crippen LogP) is 6.13. The molecule has 9 nitrogen and oxygen atoms in total. The molecule has 0 radical (unpaired) electrons. The molecule has 4 rings (SSSR count). The highest BCUT2D eigenvalue weighted by atomic mass is 28.4. The van der Waals surface area contributed by atoms with Crippen LogP contribution in [0.1, 0.15) is 58.9 Å². The maximum atomic E-state index is 6.69. The maximum Gasteiger partial charge on any atom is 0.192 e. The van der Waals surface area contributed by atoms with E-state index in [2.05, 4.69) is 71.0 Å². The van der Waals surface area contributed by atoms with E-state index >= 15 is 0 Å². The Kier molecular flexibility index (Phi) is 10.2. The number of methoxy groups -OCH3 is 1. The molecule has 1 unspecified atom stereocenters. The van der Waals surface area contributed by atoms with E-state index in [1.807, 2.05) is 36.0 Å². The SMILES string of the molecule is CNCC(COc1cc(OC)cc(-c2cc(N(C)C3CCOCC3)n3ncc(C(C)C)c3n2)c1)O[Si](C)(C)C(C)(C)C. The van der Waals surface area contributed by atoms with E-state index in [4.69, 9.17) is 28.7 Å². The minimum atomic E-state index is -1.97. The number of nitrogens with one attached hydrogen (secondary N) is 1. The van der Waals surface area contributed by atoms with Crippen molar-refractivity contribution in [3.8, 4) is 22.8 Å². The smallest absolute Gasteiger partial charge is 0.192 e. The number of fused-ring (bicyclic) bond motifs is 1. The number of hydrogen-bond donors (Lipinski definition) is 1. The Morgan fingerprint density at radius 3 is 2.43 bits per heavy atom. The summed E-state index contributed by atoms with van der Waals surface area (Å²) < 4.78 is 26.4. The Hall–Kier alpha value is -2.66. The zero-order chi connectivity index (χ0) is 30.7. The molecule has 1 aliphatic heterocycles. The molecule has 0 spiro atoms. The van der Waals surface area contributed by atoms with Crippen LogP contribution in [0.15, 0.2) is 30.5 Å². The first-order valence-corrected chi connectivity index (χ1v) is 18.1. The van der Waals surface area contributed by atoms with Gasteiger partial charge in [0, 0.05) is 56.1 Å². The minimum absolute atomic E-state index is 0.0693. The summed E-state index contributed by atoms with van der Waals surface area (Å²) in [6.07, 6.45) is 3.84. The standard InChI is InChI=1S/C32H51N5O4Si/c1-22(2)28-20-34-37-30(36(7)24-11-13-39-14-12-24)18-29(35-31(28)37)23-15-25(38-8)17-26(16-23)40-21-27(19-33-6)41-42(9,10)32(3,4)5/h15-18,20,22,24,27,33H,11-14,19,21H2,1-10H3. The molecule has 2 aromatic heterocycles. The third kappa shape index (κ3) is 7.27. The summed E-state index contributed by atoms with van der Waals surface area (Å²) in [6.45, 7) is 18.4. The number of nitrogens with zero attached hydrogens (tertiary/aromatic N) is 4. The molecule has 1 N–H and O–H groups in total. The number of rotatable bonds is 12. The van der Waals surface area contributed by atoms with Crippen LogP contribution in [-0.4, -0.2) is 82.6 Å². The van der Waals surface area contributed by atoms with Gasteiger partial charge in [0.2, 0.25) is 0 Å². The molecule has 1 atom stereocenters. The number of ether oxygens (including phenoxy) is 3. The molecule has 232 valence electrons. The highest BCUT2D eigenvalue weighted by Gasteiger charge is 2.39. The number of benzene rings is 1. The lowest BCUT2D eigenvalue weighted by molar-refractivity contribution is 0.0853. The van der Waals surface area contributed by atoms with Crippen LogP contribution in [0.3, 0.4) is 0 Å². The van der Waals surface area contributed by atoms with Gasteiger partial charge in [0.25, 0.3) is 0 Å². The fraction of sp³-hybridized carbons (Fsp3) is 0.625. The monoisotopic (exact) mass is 597 g/mol. The first-order chi connectivity index (χ1) is 19.8. The van der Waals surface area contributed by atoms with Gasteiger partial charge in [-0.25, -0.2) is 4.98 Å². The summed E-state index contributed by atoms with van der Waals surface area (Å²) in [5.41, 5.74) is 3.78. The third-order valence-corrected chi connectivity index (χ3v) is 13.3. The Labute approximate surface area is 253 Å². The molecule has 0 saturated carbocycles. The number of aromatic nitrogens is 3. The lowest BCUT2D eigenvalue weighted by atomic mass is 10.1. The zero-order valence-corrected chi connectivity index (χ0v) is 28.3. The van der Waals surface area contributed by atoms with Crippen LogP contribution < -0.4 is 19.7 Å². The van der Waals surface area contributed by atoms with Crippen molar-refractivity contribution < 1.29 is 18.6 Å². The van der Waals surface area contributed by atoms with Crippen molar-refractivity contribution >= 4 is 19.8 Å². The van der Waals surface area contributed by atoms with E-state index in [9.17, 15) is 0 Å². The molecule has 1 aliphatic rings. The highest BCUT2D eigenvalue weighted by Crippen LogP contribution is 2.38. The Balaban J connectivity index is 1.70. The molecule has 1 fully saturated rings. The molecule has 0 aliphatic carbocycles. The van der Waals surface area contributed by atoms with Gasteiger partial charge in [-0.2, -0.15) is 9.61 Å². The summed E-state index contributed by atoms with van der Waals surface area (Å²) in [6, 6.07) is 8.50.